The van der Waals surface area contributed by atoms with Gasteiger partial charge in [-0.1, -0.05) is 12.1 Å². The van der Waals surface area contributed by atoms with Crippen molar-refractivity contribution in [2.75, 3.05) is 13.1 Å². The largest absolute Gasteiger partial charge is 0.478 e. The zero-order valence-corrected chi connectivity index (χ0v) is 16.9. The number of alkyl carbamates (subject to hydrolysis) is 1. The summed E-state index contributed by atoms with van der Waals surface area (Å²) in [7, 11) is 0. The predicted octanol–water partition coefficient (Wildman–Crippen LogP) is 3.05. The molecule has 12 heteroatoms. The van der Waals surface area contributed by atoms with E-state index in [9.17, 15) is 27.6 Å². The van der Waals surface area contributed by atoms with Crippen LogP contribution in [0.4, 0.5) is 18.0 Å². The Bertz CT molecular complexity index is 962. The summed E-state index contributed by atoms with van der Waals surface area (Å²) >= 11 is 0. The predicted molar refractivity (Wildman–Crippen MR) is 103 cm³/mol. The molecule has 1 aromatic heterocycles. The van der Waals surface area contributed by atoms with Crippen LogP contribution in [0.2, 0.25) is 0 Å². The summed E-state index contributed by atoms with van der Waals surface area (Å²) in [5.41, 5.74) is -3.21. The summed E-state index contributed by atoms with van der Waals surface area (Å²) in [6.07, 6.45) is -5.56. The van der Waals surface area contributed by atoms with Crippen molar-refractivity contribution in [3.63, 3.8) is 0 Å². The third-order valence-electron chi connectivity index (χ3n) is 3.76. The number of carboxylic acid groups (broad SMARTS) is 1. The number of benzene rings is 1. The van der Waals surface area contributed by atoms with E-state index in [0.29, 0.717) is 0 Å². The first kappa shape index (κ1) is 23.7. The van der Waals surface area contributed by atoms with Crippen LogP contribution >= 0.6 is 0 Å². The molecule has 0 radical (unpaired) electrons. The third-order valence-corrected chi connectivity index (χ3v) is 3.76. The van der Waals surface area contributed by atoms with E-state index in [1.165, 1.54) is 24.3 Å². The van der Waals surface area contributed by atoms with Crippen LogP contribution in [0.25, 0.3) is 11.3 Å². The lowest BCUT2D eigenvalue weighted by Gasteiger charge is -2.19. The molecule has 0 bridgehead atoms. The van der Waals surface area contributed by atoms with E-state index >= 15 is 0 Å². The number of amides is 2. The fourth-order valence-corrected chi connectivity index (χ4v) is 2.51. The number of carbonyl (C=O) groups excluding carboxylic acids is 2. The first-order chi connectivity index (χ1) is 14.3. The molecule has 168 valence electrons. The molecule has 0 saturated heterocycles. The number of halogens is 3. The fourth-order valence-electron chi connectivity index (χ4n) is 2.51. The van der Waals surface area contributed by atoms with Gasteiger partial charge in [0.1, 0.15) is 11.2 Å². The van der Waals surface area contributed by atoms with Crippen LogP contribution in [0.5, 0.6) is 0 Å². The number of hydrogen-bond acceptors (Lipinski definition) is 5. The maximum Gasteiger partial charge on any atom is 0.436 e. The van der Waals surface area contributed by atoms with Gasteiger partial charge in [0, 0.05) is 24.2 Å². The minimum Gasteiger partial charge on any atom is -0.478 e. The van der Waals surface area contributed by atoms with Gasteiger partial charge in [-0.05, 0) is 32.9 Å². The Balaban J connectivity index is 2.01. The maximum absolute atomic E-state index is 13.0. The normalized spacial score (nSPS) is 11.7. The van der Waals surface area contributed by atoms with Crippen molar-refractivity contribution in [1.29, 1.82) is 0 Å². The second-order valence-corrected chi connectivity index (χ2v) is 7.39. The summed E-state index contributed by atoms with van der Waals surface area (Å²) < 4.78 is 43.9. The molecule has 2 aromatic rings. The molecule has 0 fully saturated rings. The number of ether oxygens (including phenoxy) is 1. The molecule has 2 rings (SSSR count). The molecule has 1 heterocycles. The molecule has 0 aliphatic rings. The third kappa shape index (κ3) is 6.46. The molecule has 0 aliphatic carbocycles. The Labute approximate surface area is 175 Å². The Hall–Kier alpha value is -3.57. The van der Waals surface area contributed by atoms with E-state index in [-0.39, 0.29) is 29.9 Å². The Morgan fingerprint density at radius 3 is 2.16 bits per heavy atom. The highest BCUT2D eigenvalue weighted by molar-refractivity contribution is 5.97. The van der Waals surface area contributed by atoms with Gasteiger partial charge in [-0.3, -0.25) is 9.89 Å². The first-order valence-electron chi connectivity index (χ1n) is 9.04. The lowest BCUT2D eigenvalue weighted by molar-refractivity contribution is -0.141. The van der Waals surface area contributed by atoms with Crippen molar-refractivity contribution in [2.45, 2.75) is 32.5 Å². The lowest BCUT2D eigenvalue weighted by Crippen LogP contribution is -2.37. The van der Waals surface area contributed by atoms with E-state index < -0.39 is 41.0 Å². The minimum atomic E-state index is -4.93. The Morgan fingerprint density at radius 2 is 1.65 bits per heavy atom. The quantitative estimate of drug-likeness (QED) is 0.508. The van der Waals surface area contributed by atoms with Gasteiger partial charge in [0.05, 0.1) is 5.69 Å². The number of alkyl halides is 3. The van der Waals surface area contributed by atoms with Crippen LogP contribution < -0.4 is 10.6 Å². The number of carboxylic acids is 1. The number of aromatic nitrogens is 2. The lowest BCUT2D eigenvalue weighted by atomic mass is 10.0. The van der Waals surface area contributed by atoms with Crippen LogP contribution in [0.1, 0.15) is 47.2 Å². The molecule has 4 N–H and O–H groups in total. The molecule has 0 spiro atoms. The second-order valence-electron chi connectivity index (χ2n) is 7.39. The van der Waals surface area contributed by atoms with Crippen molar-refractivity contribution < 1.29 is 37.4 Å². The van der Waals surface area contributed by atoms with Crippen LogP contribution in [0.15, 0.2) is 24.3 Å². The first-order valence-corrected chi connectivity index (χ1v) is 9.04. The summed E-state index contributed by atoms with van der Waals surface area (Å²) in [5, 5.41) is 19.4. The summed E-state index contributed by atoms with van der Waals surface area (Å²) in [4.78, 5) is 35.0. The molecule has 0 saturated carbocycles. The Kier molecular flexibility index (Phi) is 6.93. The highest BCUT2D eigenvalue weighted by atomic mass is 19.4. The van der Waals surface area contributed by atoms with Gasteiger partial charge in [-0.25, -0.2) is 9.59 Å². The number of nitrogens with one attached hydrogen (secondary N) is 3. The Morgan fingerprint density at radius 1 is 1.06 bits per heavy atom. The van der Waals surface area contributed by atoms with Gasteiger partial charge >= 0.3 is 18.2 Å². The van der Waals surface area contributed by atoms with E-state index in [4.69, 9.17) is 9.84 Å². The van der Waals surface area contributed by atoms with Gasteiger partial charge < -0.3 is 20.5 Å². The highest BCUT2D eigenvalue weighted by Crippen LogP contribution is 2.35. The molecule has 0 unspecified atom stereocenters. The molecule has 31 heavy (non-hydrogen) atoms. The smallest absolute Gasteiger partial charge is 0.436 e. The molecule has 2 amide bonds. The molecular formula is C19H21F3N4O5. The minimum absolute atomic E-state index is 0.110. The van der Waals surface area contributed by atoms with Gasteiger partial charge in [0.25, 0.3) is 5.91 Å². The van der Waals surface area contributed by atoms with Gasteiger partial charge in [0.15, 0.2) is 5.69 Å². The number of nitrogens with zero attached hydrogens (tertiary/aromatic N) is 1. The summed E-state index contributed by atoms with van der Waals surface area (Å²) in [6, 6.07) is 5.25. The van der Waals surface area contributed by atoms with Crippen molar-refractivity contribution in [1.82, 2.24) is 20.8 Å². The molecule has 9 nitrogen and oxygen atoms in total. The fraction of sp³-hybridized carbons (Fsp3) is 0.368. The van der Waals surface area contributed by atoms with Crippen LogP contribution in [0, 0.1) is 0 Å². The molecule has 1 aromatic carbocycles. The average molecular weight is 442 g/mol. The molecule has 0 aliphatic heterocycles. The second kappa shape index (κ2) is 9.06. The standard InChI is InChI=1S/C19H21F3N4O5/c1-18(2,3)31-17(30)24-9-8-23-15(27)11-6-4-10(5-7-11)13-12(16(28)29)14(26-25-13)19(20,21)22/h4-7H,8-9H2,1-3H3,(H,23,27)(H,24,30)(H,25,26)(H,28,29). The summed E-state index contributed by atoms with van der Waals surface area (Å²) in [5.74, 6) is -2.27. The van der Waals surface area contributed by atoms with E-state index in [1.54, 1.807) is 20.8 Å². The molecular weight excluding hydrogens is 421 g/mol. The van der Waals surface area contributed by atoms with E-state index in [0.717, 1.165) is 0 Å². The monoisotopic (exact) mass is 442 g/mol. The number of aromatic amines is 1. The van der Waals surface area contributed by atoms with Gasteiger partial charge in [-0.2, -0.15) is 18.3 Å². The van der Waals surface area contributed by atoms with Crippen molar-refractivity contribution in [2.24, 2.45) is 0 Å². The molecule has 0 atom stereocenters. The number of H-pyrrole nitrogens is 1. The highest BCUT2D eigenvalue weighted by Gasteiger charge is 2.40. The summed E-state index contributed by atoms with van der Waals surface area (Å²) in [6.45, 7) is 5.37. The number of carbonyl (C=O) groups is 3. The van der Waals surface area contributed by atoms with E-state index in [2.05, 4.69) is 20.8 Å². The zero-order valence-electron chi connectivity index (χ0n) is 16.9. The van der Waals surface area contributed by atoms with Crippen LogP contribution in [-0.4, -0.2) is 52.0 Å². The number of aromatic carboxylic acids is 1. The van der Waals surface area contributed by atoms with Crippen molar-refractivity contribution in [3.05, 3.63) is 41.1 Å². The van der Waals surface area contributed by atoms with Crippen molar-refractivity contribution in [3.8, 4) is 11.3 Å². The van der Waals surface area contributed by atoms with Crippen LogP contribution in [0.3, 0.4) is 0 Å². The maximum atomic E-state index is 13.0. The zero-order chi connectivity index (χ0) is 23.4. The van der Waals surface area contributed by atoms with Gasteiger partial charge in [-0.15, -0.1) is 0 Å². The average Bonchev–Trinajstić information content (AvgIpc) is 3.09. The number of hydrogen-bond donors (Lipinski definition) is 4. The van der Waals surface area contributed by atoms with E-state index in [1.807, 2.05) is 0 Å². The van der Waals surface area contributed by atoms with Gasteiger partial charge in [0.2, 0.25) is 0 Å². The van der Waals surface area contributed by atoms with Crippen LogP contribution in [-0.2, 0) is 10.9 Å². The number of rotatable bonds is 6. The van der Waals surface area contributed by atoms with Crippen molar-refractivity contribution >= 4 is 18.0 Å². The topological polar surface area (TPSA) is 133 Å². The SMILES string of the molecule is CC(C)(C)OC(=O)NCCNC(=O)c1ccc(-c2[nH]nc(C(F)(F)F)c2C(=O)O)cc1.